The number of anilines is 1. The number of aryl methyl sites for hydroxylation is 2. The van der Waals surface area contributed by atoms with Crippen LogP contribution in [0.1, 0.15) is 22.3 Å². The number of nitrogens with zero attached hydrogens (tertiary/aromatic N) is 3. The second kappa shape index (κ2) is 12.1. The Hall–Kier alpha value is -4.48. The summed E-state index contributed by atoms with van der Waals surface area (Å²) in [6.45, 7) is 2.52. The number of carbonyl (C=O) groups is 2. The van der Waals surface area contributed by atoms with Crippen molar-refractivity contribution in [3.8, 4) is 28.8 Å². The van der Waals surface area contributed by atoms with Crippen molar-refractivity contribution in [3.05, 3.63) is 101 Å². The highest BCUT2D eigenvalue weighted by molar-refractivity contribution is 7.99. The van der Waals surface area contributed by atoms with E-state index in [1.165, 1.54) is 0 Å². The van der Waals surface area contributed by atoms with E-state index in [-0.39, 0.29) is 24.0 Å². The zero-order valence-corrected chi connectivity index (χ0v) is 23.2. The summed E-state index contributed by atoms with van der Waals surface area (Å²) in [6, 6.07) is 21.8. The van der Waals surface area contributed by atoms with Crippen LogP contribution in [0.5, 0.6) is 5.75 Å². The molecule has 0 aliphatic carbocycles. The van der Waals surface area contributed by atoms with Gasteiger partial charge >= 0.3 is 0 Å². The first-order chi connectivity index (χ1) is 19.4. The van der Waals surface area contributed by atoms with Gasteiger partial charge in [-0.3, -0.25) is 14.3 Å². The van der Waals surface area contributed by atoms with Crippen LogP contribution in [-0.2, 0) is 23.1 Å². The van der Waals surface area contributed by atoms with E-state index >= 15 is 0 Å². The van der Waals surface area contributed by atoms with Gasteiger partial charge in [0.05, 0.1) is 12.0 Å². The Kier molecular flexibility index (Phi) is 8.23. The quantitative estimate of drug-likeness (QED) is 0.354. The molecule has 2 heterocycles. The number of phenols is 1. The number of amides is 2. The van der Waals surface area contributed by atoms with Crippen molar-refractivity contribution in [2.24, 2.45) is 7.05 Å². The summed E-state index contributed by atoms with van der Waals surface area (Å²) in [7, 11) is 1.82. The van der Waals surface area contributed by atoms with Crippen LogP contribution in [0.3, 0.4) is 0 Å². The van der Waals surface area contributed by atoms with Gasteiger partial charge in [0.1, 0.15) is 17.5 Å². The largest absolute Gasteiger partial charge is 0.507 e. The third kappa shape index (κ3) is 6.38. The summed E-state index contributed by atoms with van der Waals surface area (Å²) in [6.07, 6.45) is 2.11. The lowest BCUT2D eigenvalue weighted by atomic mass is 10.0. The third-order valence-electron chi connectivity index (χ3n) is 6.68. The summed E-state index contributed by atoms with van der Waals surface area (Å²) in [5.74, 6) is 7.64. The lowest BCUT2D eigenvalue weighted by Gasteiger charge is -2.34. The van der Waals surface area contributed by atoms with Gasteiger partial charge in [-0.25, -0.2) is 0 Å². The van der Waals surface area contributed by atoms with Crippen LogP contribution in [0.4, 0.5) is 5.69 Å². The van der Waals surface area contributed by atoms with E-state index in [2.05, 4.69) is 22.3 Å². The molecule has 2 amide bonds. The van der Waals surface area contributed by atoms with Gasteiger partial charge in [0, 0.05) is 48.1 Å². The molecule has 4 aromatic rings. The summed E-state index contributed by atoms with van der Waals surface area (Å²) in [5, 5.41) is 17.8. The molecule has 40 heavy (non-hydrogen) atoms. The maximum absolute atomic E-state index is 13.2. The Morgan fingerprint density at radius 1 is 1.07 bits per heavy atom. The molecule has 7 nitrogen and oxygen atoms in total. The molecule has 5 rings (SSSR count). The van der Waals surface area contributed by atoms with Gasteiger partial charge in [0.15, 0.2) is 0 Å². The highest BCUT2D eigenvalue weighted by Gasteiger charge is 2.32. The Morgan fingerprint density at radius 3 is 2.62 bits per heavy atom. The maximum Gasteiger partial charge on any atom is 0.248 e. The number of thioether (sulfide) groups is 1. The molecule has 1 fully saturated rings. The second-order valence-corrected chi connectivity index (χ2v) is 10.9. The lowest BCUT2D eigenvalue weighted by Crippen LogP contribution is -2.52. The standard InChI is InChI=1S/C32H30N4O3S/c1-22-8-15-29(37)27(18-22)31-25(20-35(2)34-31)12-9-23-10-13-26(14-11-23)33-32(39)28-21-40-17-16-36(28)30(38)19-24-6-4-3-5-7-24/h3-8,10-11,13-15,18,20,28,37H,16-17,19,21H2,1-2H3,(H,33,39). The predicted octanol–water partition coefficient (Wildman–Crippen LogP) is 4.63. The van der Waals surface area contributed by atoms with E-state index in [9.17, 15) is 14.7 Å². The number of rotatable bonds is 5. The van der Waals surface area contributed by atoms with Crippen LogP contribution in [0.25, 0.3) is 11.3 Å². The summed E-state index contributed by atoms with van der Waals surface area (Å²) in [4.78, 5) is 27.9. The highest BCUT2D eigenvalue weighted by Crippen LogP contribution is 2.31. The van der Waals surface area contributed by atoms with Crippen LogP contribution < -0.4 is 5.32 Å². The van der Waals surface area contributed by atoms with Crippen LogP contribution in [0.15, 0.2) is 79.0 Å². The van der Waals surface area contributed by atoms with E-state index in [0.29, 0.717) is 34.8 Å². The molecular formula is C32H30N4O3S. The van der Waals surface area contributed by atoms with Crippen molar-refractivity contribution in [1.82, 2.24) is 14.7 Å². The fraction of sp³-hybridized carbons (Fsp3) is 0.219. The molecule has 1 atom stereocenters. The average Bonchev–Trinajstić information content (AvgIpc) is 3.34. The van der Waals surface area contributed by atoms with Crippen molar-refractivity contribution in [2.75, 3.05) is 23.4 Å². The minimum atomic E-state index is -0.517. The first-order valence-corrected chi connectivity index (χ1v) is 14.2. The fourth-order valence-electron chi connectivity index (χ4n) is 4.61. The third-order valence-corrected chi connectivity index (χ3v) is 7.70. The molecule has 2 N–H and O–H groups in total. The molecule has 202 valence electrons. The molecule has 1 aliphatic heterocycles. The Labute approximate surface area is 238 Å². The number of phenolic OH excluding ortho intramolecular Hbond substituents is 1. The zero-order chi connectivity index (χ0) is 28.1. The SMILES string of the molecule is Cc1ccc(O)c(-c2nn(C)cc2C#Cc2ccc(NC(=O)C3CSCCN3C(=O)Cc3ccccc3)cc2)c1. The molecule has 8 heteroatoms. The normalized spacial score (nSPS) is 14.8. The smallest absolute Gasteiger partial charge is 0.248 e. The summed E-state index contributed by atoms with van der Waals surface area (Å²) >= 11 is 1.68. The van der Waals surface area contributed by atoms with Crippen molar-refractivity contribution >= 4 is 29.3 Å². The molecule has 1 saturated heterocycles. The van der Waals surface area contributed by atoms with Gasteiger partial charge in [0.25, 0.3) is 0 Å². The second-order valence-electron chi connectivity index (χ2n) is 9.74. The van der Waals surface area contributed by atoms with Gasteiger partial charge in [-0.2, -0.15) is 16.9 Å². The number of hydrogen-bond donors (Lipinski definition) is 2. The Bertz CT molecular complexity index is 1590. The average molecular weight is 551 g/mol. The summed E-state index contributed by atoms with van der Waals surface area (Å²) in [5.41, 5.74) is 5.34. The van der Waals surface area contributed by atoms with E-state index in [4.69, 9.17) is 0 Å². The van der Waals surface area contributed by atoms with Crippen molar-refractivity contribution < 1.29 is 14.7 Å². The number of hydrogen-bond acceptors (Lipinski definition) is 5. The van der Waals surface area contributed by atoms with Gasteiger partial charge in [-0.1, -0.05) is 53.8 Å². The van der Waals surface area contributed by atoms with Crippen LogP contribution in [0.2, 0.25) is 0 Å². The molecule has 1 unspecified atom stereocenters. The predicted molar refractivity (Wildman–Crippen MR) is 159 cm³/mol. The van der Waals surface area contributed by atoms with Crippen LogP contribution >= 0.6 is 11.8 Å². The monoisotopic (exact) mass is 550 g/mol. The minimum Gasteiger partial charge on any atom is -0.507 e. The van der Waals surface area contributed by atoms with Crippen LogP contribution in [-0.4, -0.2) is 55.7 Å². The van der Waals surface area contributed by atoms with Crippen molar-refractivity contribution in [3.63, 3.8) is 0 Å². The molecular weight excluding hydrogens is 520 g/mol. The van der Waals surface area contributed by atoms with Gasteiger partial charge < -0.3 is 15.3 Å². The van der Waals surface area contributed by atoms with Gasteiger partial charge in [-0.15, -0.1) is 0 Å². The molecule has 0 radical (unpaired) electrons. The Balaban J connectivity index is 1.27. The van der Waals surface area contributed by atoms with Gasteiger partial charge in [-0.05, 0) is 48.9 Å². The molecule has 0 bridgehead atoms. The number of carbonyl (C=O) groups excluding carboxylic acids is 2. The van der Waals surface area contributed by atoms with E-state index < -0.39 is 6.04 Å². The maximum atomic E-state index is 13.2. The zero-order valence-electron chi connectivity index (χ0n) is 22.4. The first-order valence-electron chi connectivity index (χ1n) is 13.0. The highest BCUT2D eigenvalue weighted by atomic mass is 32.2. The molecule has 1 aromatic heterocycles. The van der Waals surface area contributed by atoms with E-state index in [1.54, 1.807) is 27.4 Å². The van der Waals surface area contributed by atoms with Crippen molar-refractivity contribution in [1.29, 1.82) is 0 Å². The van der Waals surface area contributed by atoms with Crippen molar-refractivity contribution in [2.45, 2.75) is 19.4 Å². The number of aromatic hydroxyl groups is 1. The van der Waals surface area contributed by atoms with Gasteiger partial charge in [0.2, 0.25) is 11.8 Å². The minimum absolute atomic E-state index is 0.0361. The Morgan fingerprint density at radius 2 is 1.85 bits per heavy atom. The molecule has 1 aliphatic rings. The molecule has 3 aromatic carbocycles. The number of benzene rings is 3. The van der Waals surface area contributed by atoms with E-state index in [1.807, 2.05) is 86.9 Å². The van der Waals surface area contributed by atoms with E-state index in [0.717, 1.165) is 22.4 Å². The molecule has 0 saturated carbocycles. The fourth-order valence-corrected chi connectivity index (χ4v) is 5.66. The number of aromatic nitrogens is 2. The lowest BCUT2D eigenvalue weighted by molar-refractivity contribution is -0.137. The van der Waals surface area contributed by atoms with Crippen LogP contribution in [0, 0.1) is 18.8 Å². The summed E-state index contributed by atoms with van der Waals surface area (Å²) < 4.78 is 1.68. The molecule has 0 spiro atoms. The number of nitrogens with one attached hydrogen (secondary N) is 1. The topological polar surface area (TPSA) is 87.5 Å². The first kappa shape index (κ1) is 27.1.